The molecule has 0 amide bonds. The van der Waals surface area contributed by atoms with Crippen LogP contribution in [-0.4, -0.2) is 21.0 Å². The zero-order valence-electron chi connectivity index (χ0n) is 10.5. The molecule has 1 N–H and O–H groups in total. The quantitative estimate of drug-likeness (QED) is 0.666. The molecule has 102 valence electrons. The van der Waals surface area contributed by atoms with Gasteiger partial charge in [-0.3, -0.25) is 19.9 Å². The van der Waals surface area contributed by atoms with E-state index in [1.54, 1.807) is 24.4 Å². The zero-order valence-corrected chi connectivity index (χ0v) is 10.5. The Bertz CT molecular complexity index is 611. The van der Waals surface area contributed by atoms with E-state index in [-0.39, 0.29) is 12.1 Å². The van der Waals surface area contributed by atoms with Gasteiger partial charge in [0.25, 0.3) is 5.69 Å². The minimum absolute atomic E-state index is 0.0595. The first-order valence-electron chi connectivity index (χ1n) is 5.95. The lowest BCUT2D eigenvalue weighted by molar-refractivity contribution is -0.384. The topological polar surface area (TPSA) is 93.3 Å². The van der Waals surface area contributed by atoms with E-state index in [0.29, 0.717) is 11.3 Å². The second kappa shape index (κ2) is 5.92. The van der Waals surface area contributed by atoms with Crippen molar-refractivity contribution in [3.05, 3.63) is 70.0 Å². The number of benzene rings is 1. The molecular weight excluding hydrogens is 260 g/mol. The summed E-state index contributed by atoms with van der Waals surface area (Å²) in [6.45, 7) is 0. The lowest BCUT2D eigenvalue weighted by Crippen LogP contribution is -2.15. The van der Waals surface area contributed by atoms with Gasteiger partial charge in [-0.25, -0.2) is 0 Å². The van der Waals surface area contributed by atoms with E-state index in [2.05, 4.69) is 4.98 Å². The second-order valence-corrected chi connectivity index (χ2v) is 4.26. The largest absolute Gasteiger partial charge is 0.481 e. The number of nitro groups is 1. The Kier molecular flexibility index (Phi) is 4.05. The number of hydrogen-bond acceptors (Lipinski definition) is 4. The zero-order chi connectivity index (χ0) is 14.5. The Labute approximate surface area is 114 Å². The number of carboxylic acid groups (broad SMARTS) is 1. The Morgan fingerprint density at radius 3 is 2.45 bits per heavy atom. The molecule has 6 heteroatoms. The van der Waals surface area contributed by atoms with E-state index in [1.807, 2.05) is 0 Å². The normalized spacial score (nSPS) is 11.8. The van der Waals surface area contributed by atoms with Gasteiger partial charge in [0.2, 0.25) is 0 Å². The molecule has 0 radical (unpaired) electrons. The van der Waals surface area contributed by atoms with Crippen LogP contribution in [0.3, 0.4) is 0 Å². The molecule has 1 atom stereocenters. The van der Waals surface area contributed by atoms with Crippen molar-refractivity contribution in [1.29, 1.82) is 0 Å². The van der Waals surface area contributed by atoms with Crippen LogP contribution in [0.25, 0.3) is 0 Å². The highest BCUT2D eigenvalue weighted by atomic mass is 16.6. The van der Waals surface area contributed by atoms with Gasteiger partial charge in [0.15, 0.2) is 0 Å². The highest BCUT2D eigenvalue weighted by Crippen LogP contribution is 2.23. The molecule has 1 aromatic carbocycles. The maximum absolute atomic E-state index is 11.4. The highest BCUT2D eigenvalue weighted by molar-refractivity contribution is 5.76. The Balaban J connectivity index is 2.25. The molecule has 2 aromatic rings. The summed E-state index contributed by atoms with van der Waals surface area (Å²) in [5, 5.41) is 19.9. The Hall–Kier alpha value is -2.76. The van der Waals surface area contributed by atoms with Crippen LogP contribution < -0.4 is 0 Å². The minimum atomic E-state index is -0.982. The average Bonchev–Trinajstić information content (AvgIpc) is 2.45. The summed E-state index contributed by atoms with van der Waals surface area (Å²) >= 11 is 0. The van der Waals surface area contributed by atoms with Crippen molar-refractivity contribution >= 4 is 11.7 Å². The van der Waals surface area contributed by atoms with E-state index in [1.165, 1.54) is 24.3 Å². The van der Waals surface area contributed by atoms with Crippen molar-refractivity contribution in [2.24, 2.45) is 0 Å². The summed E-state index contributed by atoms with van der Waals surface area (Å²) < 4.78 is 0. The number of carboxylic acids is 1. The molecule has 0 aliphatic rings. The van der Waals surface area contributed by atoms with E-state index in [4.69, 9.17) is 0 Å². The second-order valence-electron chi connectivity index (χ2n) is 4.26. The summed E-state index contributed by atoms with van der Waals surface area (Å²) in [7, 11) is 0. The fourth-order valence-electron chi connectivity index (χ4n) is 1.90. The third-order valence-corrected chi connectivity index (χ3v) is 2.94. The predicted molar refractivity (Wildman–Crippen MR) is 71.4 cm³/mol. The fraction of sp³-hybridized carbons (Fsp3) is 0.143. The number of nitrogens with zero attached hydrogens (tertiary/aromatic N) is 2. The molecule has 20 heavy (non-hydrogen) atoms. The van der Waals surface area contributed by atoms with Crippen molar-refractivity contribution in [1.82, 2.24) is 4.98 Å². The molecule has 2 rings (SSSR count). The maximum Gasteiger partial charge on any atom is 0.311 e. The van der Waals surface area contributed by atoms with Gasteiger partial charge in [0.1, 0.15) is 0 Å². The molecule has 0 spiro atoms. The number of carbonyl (C=O) groups is 1. The number of non-ortho nitro benzene ring substituents is 1. The summed E-state index contributed by atoms with van der Waals surface area (Å²) in [4.78, 5) is 25.5. The lowest BCUT2D eigenvalue weighted by atomic mass is 9.94. The van der Waals surface area contributed by atoms with Gasteiger partial charge in [0.05, 0.1) is 10.8 Å². The highest BCUT2D eigenvalue weighted by Gasteiger charge is 2.21. The number of nitro benzene ring substituents is 1. The molecule has 1 heterocycles. The molecule has 0 saturated carbocycles. The van der Waals surface area contributed by atoms with Gasteiger partial charge in [-0.2, -0.15) is 0 Å². The van der Waals surface area contributed by atoms with Crippen LogP contribution in [0, 0.1) is 10.1 Å². The number of rotatable bonds is 5. The lowest BCUT2D eigenvalue weighted by Gasteiger charge is -2.12. The van der Waals surface area contributed by atoms with Crippen LogP contribution in [0.15, 0.2) is 48.7 Å². The van der Waals surface area contributed by atoms with Crippen LogP contribution >= 0.6 is 0 Å². The summed E-state index contributed by atoms with van der Waals surface area (Å²) in [5.74, 6) is -1.75. The van der Waals surface area contributed by atoms with E-state index >= 15 is 0 Å². The number of hydrogen-bond donors (Lipinski definition) is 1. The first-order valence-corrected chi connectivity index (χ1v) is 5.95. The molecule has 6 nitrogen and oxygen atoms in total. The molecule has 0 saturated heterocycles. The number of pyridine rings is 1. The van der Waals surface area contributed by atoms with Crippen LogP contribution in [0.5, 0.6) is 0 Å². The summed E-state index contributed by atoms with van der Waals surface area (Å²) in [6.07, 6.45) is 1.85. The SMILES string of the molecule is O=C(O)C(Cc1ccccn1)c1ccc([N+](=O)[O-])cc1. The monoisotopic (exact) mass is 272 g/mol. The minimum Gasteiger partial charge on any atom is -0.481 e. The predicted octanol–water partition coefficient (Wildman–Crippen LogP) is 2.40. The number of aromatic nitrogens is 1. The Morgan fingerprint density at radius 1 is 1.25 bits per heavy atom. The first-order chi connectivity index (χ1) is 9.58. The van der Waals surface area contributed by atoms with E-state index in [0.717, 1.165) is 0 Å². The van der Waals surface area contributed by atoms with Crippen LogP contribution in [0.2, 0.25) is 0 Å². The van der Waals surface area contributed by atoms with Gasteiger partial charge in [0, 0.05) is 30.4 Å². The van der Waals surface area contributed by atoms with Gasteiger partial charge in [-0.15, -0.1) is 0 Å². The average molecular weight is 272 g/mol. The standard InChI is InChI=1S/C14H12N2O4/c17-14(18)13(9-11-3-1-2-8-15-11)10-4-6-12(7-5-10)16(19)20/h1-8,13H,9H2,(H,17,18). The molecule has 1 aromatic heterocycles. The third kappa shape index (κ3) is 3.17. The van der Waals surface area contributed by atoms with Gasteiger partial charge in [-0.1, -0.05) is 18.2 Å². The summed E-state index contributed by atoms with van der Waals surface area (Å²) in [6, 6.07) is 10.9. The van der Waals surface area contributed by atoms with Crippen molar-refractivity contribution in [3.63, 3.8) is 0 Å². The molecule has 0 aliphatic heterocycles. The number of aliphatic carboxylic acids is 1. The van der Waals surface area contributed by atoms with Crippen molar-refractivity contribution in [2.45, 2.75) is 12.3 Å². The van der Waals surface area contributed by atoms with Crippen LogP contribution in [0.1, 0.15) is 17.2 Å². The van der Waals surface area contributed by atoms with E-state index in [9.17, 15) is 20.0 Å². The van der Waals surface area contributed by atoms with Crippen LogP contribution in [-0.2, 0) is 11.2 Å². The maximum atomic E-state index is 11.4. The van der Waals surface area contributed by atoms with Gasteiger partial charge in [-0.05, 0) is 17.7 Å². The van der Waals surface area contributed by atoms with Crippen molar-refractivity contribution in [3.8, 4) is 0 Å². The first kappa shape index (κ1) is 13.7. The molecule has 0 aliphatic carbocycles. The van der Waals surface area contributed by atoms with Gasteiger partial charge < -0.3 is 5.11 Å². The fourth-order valence-corrected chi connectivity index (χ4v) is 1.90. The van der Waals surface area contributed by atoms with Gasteiger partial charge >= 0.3 is 5.97 Å². The molecule has 0 fully saturated rings. The Morgan fingerprint density at radius 2 is 1.95 bits per heavy atom. The molecule has 1 unspecified atom stereocenters. The molecular formula is C14H12N2O4. The van der Waals surface area contributed by atoms with Crippen molar-refractivity contribution in [2.75, 3.05) is 0 Å². The van der Waals surface area contributed by atoms with Crippen molar-refractivity contribution < 1.29 is 14.8 Å². The molecule has 0 bridgehead atoms. The summed E-state index contributed by atoms with van der Waals surface area (Å²) in [5.41, 5.74) is 1.13. The van der Waals surface area contributed by atoms with Crippen LogP contribution in [0.4, 0.5) is 5.69 Å². The third-order valence-electron chi connectivity index (χ3n) is 2.94. The smallest absolute Gasteiger partial charge is 0.311 e. The van der Waals surface area contributed by atoms with E-state index < -0.39 is 16.8 Å².